The molecule has 2 saturated heterocycles. The molecule has 4 aromatic carbocycles. The lowest BCUT2D eigenvalue weighted by atomic mass is 9.98. The van der Waals surface area contributed by atoms with Crippen molar-refractivity contribution < 1.29 is 19.1 Å². The van der Waals surface area contributed by atoms with Gasteiger partial charge in [0, 0.05) is 18.3 Å². The monoisotopic (exact) mass is 864 g/mol. The smallest absolute Gasteiger partial charge is 0.407 e. The van der Waals surface area contributed by atoms with Gasteiger partial charge in [-0.2, -0.15) is 0 Å². The third kappa shape index (κ3) is 9.07. The highest BCUT2D eigenvalue weighted by Crippen LogP contribution is 2.40. The van der Waals surface area contributed by atoms with E-state index in [4.69, 9.17) is 14.7 Å². The van der Waals surface area contributed by atoms with Gasteiger partial charge in [0.15, 0.2) is 0 Å². The van der Waals surface area contributed by atoms with Crippen molar-refractivity contribution >= 4 is 36.8 Å². The molecule has 0 aliphatic carbocycles. The Kier molecular flexibility index (Phi) is 12.7. The number of benzene rings is 4. The number of likely N-dealkylation sites (tertiary alicyclic amines) is 1. The van der Waals surface area contributed by atoms with Crippen LogP contribution in [0.15, 0.2) is 103 Å². The number of nitrogens with zero attached hydrogens (tertiary/aromatic N) is 5. The maximum atomic E-state index is 14.6. The molecule has 0 spiro atoms. The van der Waals surface area contributed by atoms with Gasteiger partial charge >= 0.3 is 6.09 Å². The minimum absolute atomic E-state index is 0.0865. The van der Waals surface area contributed by atoms with Crippen LogP contribution >= 0.6 is 0 Å². The van der Waals surface area contributed by atoms with Crippen LogP contribution in [0.1, 0.15) is 75.9 Å². The largest absolute Gasteiger partial charge is 0.453 e. The number of hydrogen-bond donors (Lipinski definition) is 3. The van der Waals surface area contributed by atoms with Crippen molar-refractivity contribution in [3.63, 3.8) is 0 Å². The van der Waals surface area contributed by atoms with Crippen molar-refractivity contribution in [3.8, 4) is 33.6 Å². The van der Waals surface area contributed by atoms with Crippen LogP contribution in [0.25, 0.3) is 44.4 Å². The summed E-state index contributed by atoms with van der Waals surface area (Å²) in [5, 5.41) is 4.95. The Morgan fingerprint density at radius 3 is 2.00 bits per heavy atom. The molecule has 13 heteroatoms. The standard InChI is InChI=1S/C50H60N8O4Si/c1-8-56(9-2)45(35-14-11-10-12-15-35)49(60)58-31-63(6,7)30-43(58)47-52-28-40(53-47)34-19-17-33(18-20-34)36-21-22-38-27-39(24-23-37(38)26-36)41-29-51-46(54-41)42-16-13-25-57(42)48(59)44(32(3)4)55-50(61)62-5/h10-12,14-15,17-24,26-29,32,42-45H,8-9,13,16,25,30-31H2,1-7H3,(H,51,54)(H,52,53)(H,55,61). The molecule has 63 heavy (non-hydrogen) atoms. The third-order valence-corrected chi connectivity index (χ3v) is 15.6. The average Bonchev–Trinajstić information content (AvgIpc) is 4.13. The molecule has 2 aromatic heterocycles. The minimum atomic E-state index is -1.69. The number of alkyl carbamates (subject to hydrolysis) is 1. The van der Waals surface area contributed by atoms with Crippen molar-refractivity contribution in [2.24, 2.45) is 5.92 Å². The minimum Gasteiger partial charge on any atom is -0.453 e. The molecule has 0 saturated carbocycles. The predicted molar refractivity (Wildman–Crippen MR) is 251 cm³/mol. The highest BCUT2D eigenvalue weighted by Gasteiger charge is 2.46. The summed E-state index contributed by atoms with van der Waals surface area (Å²) in [5.74, 6) is 1.53. The van der Waals surface area contributed by atoms with E-state index in [1.165, 1.54) is 7.11 Å². The van der Waals surface area contributed by atoms with Crippen LogP contribution in [-0.4, -0.2) is 99.6 Å². The molecule has 3 N–H and O–H groups in total. The zero-order valence-corrected chi connectivity index (χ0v) is 38.5. The van der Waals surface area contributed by atoms with E-state index in [0.717, 1.165) is 99.8 Å². The van der Waals surface area contributed by atoms with Gasteiger partial charge < -0.3 is 29.8 Å². The van der Waals surface area contributed by atoms with Crippen molar-refractivity contribution in [2.45, 2.75) is 83.8 Å². The van der Waals surface area contributed by atoms with Gasteiger partial charge in [-0.3, -0.25) is 14.5 Å². The van der Waals surface area contributed by atoms with Gasteiger partial charge in [-0.15, -0.1) is 0 Å². The number of H-pyrrole nitrogens is 2. The SMILES string of the molecule is CCN(CC)C(C(=O)N1C[Si](C)(C)CC1c1ncc(-c2ccc(-c3ccc4cc(-c5cnc(C6CCCN6C(=O)C(NC(=O)OC)C(C)C)[nH]5)ccc4c3)cc2)[nH]1)c1ccccc1. The van der Waals surface area contributed by atoms with E-state index < -0.39 is 20.2 Å². The maximum absolute atomic E-state index is 14.6. The number of methoxy groups -OCH3 is 1. The molecular formula is C50H60N8O4Si. The average molecular weight is 865 g/mol. The molecule has 4 unspecified atom stereocenters. The first-order valence-corrected chi connectivity index (χ1v) is 25.8. The second kappa shape index (κ2) is 18.3. The number of nitrogens with one attached hydrogen (secondary N) is 3. The van der Waals surface area contributed by atoms with Crippen molar-refractivity contribution in [1.29, 1.82) is 0 Å². The van der Waals surface area contributed by atoms with Crippen molar-refractivity contribution in [3.05, 3.63) is 121 Å². The maximum Gasteiger partial charge on any atom is 0.407 e. The predicted octanol–water partition coefficient (Wildman–Crippen LogP) is 9.55. The number of amides is 3. The van der Waals surface area contributed by atoms with Crippen LogP contribution in [0.5, 0.6) is 0 Å². The molecule has 12 nitrogen and oxygen atoms in total. The fraction of sp³-hybridized carbons (Fsp3) is 0.380. The van der Waals surface area contributed by atoms with Crippen LogP contribution < -0.4 is 5.32 Å². The molecule has 8 rings (SSSR count). The van der Waals surface area contributed by atoms with Gasteiger partial charge in [0.05, 0.1) is 51.0 Å². The lowest BCUT2D eigenvalue weighted by molar-refractivity contribution is -0.138. The van der Waals surface area contributed by atoms with E-state index in [2.05, 4.69) is 125 Å². The summed E-state index contributed by atoms with van der Waals surface area (Å²) in [6.45, 7) is 15.0. The first kappa shape index (κ1) is 43.6. The molecule has 4 atom stereocenters. The van der Waals surface area contributed by atoms with Gasteiger partial charge in [-0.05, 0) is 83.1 Å². The second-order valence-corrected chi connectivity index (χ2v) is 23.2. The molecule has 2 aliphatic heterocycles. The molecule has 3 amide bonds. The number of aromatic amines is 2. The van der Waals surface area contributed by atoms with E-state index in [1.807, 2.05) is 49.3 Å². The first-order chi connectivity index (χ1) is 30.4. The Bertz CT molecular complexity index is 2570. The second-order valence-electron chi connectivity index (χ2n) is 18.2. The van der Waals surface area contributed by atoms with Crippen molar-refractivity contribution in [1.82, 2.24) is 40.0 Å². The number of ether oxygens (including phenoxy) is 1. The molecule has 0 bridgehead atoms. The number of imidazole rings is 2. The summed E-state index contributed by atoms with van der Waals surface area (Å²) in [4.78, 5) is 63.2. The van der Waals surface area contributed by atoms with Gasteiger partial charge in [0.25, 0.3) is 0 Å². The Morgan fingerprint density at radius 2 is 1.37 bits per heavy atom. The summed E-state index contributed by atoms with van der Waals surface area (Å²) in [7, 11) is -0.392. The van der Waals surface area contributed by atoms with Gasteiger partial charge in [0.2, 0.25) is 11.8 Å². The molecule has 2 aliphatic rings. The molecular weight excluding hydrogens is 805 g/mol. The molecule has 0 radical (unpaired) electrons. The van der Waals surface area contributed by atoms with Crippen LogP contribution in [-0.2, 0) is 14.3 Å². The molecule has 328 valence electrons. The number of fused-ring (bicyclic) bond motifs is 1. The Balaban J connectivity index is 0.963. The van der Waals surface area contributed by atoms with Crippen molar-refractivity contribution in [2.75, 3.05) is 32.9 Å². The highest BCUT2D eigenvalue weighted by molar-refractivity contribution is 6.78. The van der Waals surface area contributed by atoms with Crippen LogP contribution in [0.4, 0.5) is 4.79 Å². The fourth-order valence-corrected chi connectivity index (χ4v) is 12.5. The topological polar surface area (TPSA) is 140 Å². The van der Waals surface area contributed by atoms with Crippen LogP contribution in [0, 0.1) is 5.92 Å². The quantitative estimate of drug-likeness (QED) is 0.0984. The normalized spacial score (nSPS) is 18.3. The van der Waals surface area contributed by atoms with Gasteiger partial charge in [-0.25, -0.2) is 14.8 Å². The summed E-state index contributed by atoms with van der Waals surface area (Å²) in [5.41, 5.74) is 7.15. The Hall–Kier alpha value is -6.05. The highest BCUT2D eigenvalue weighted by atomic mass is 28.3. The van der Waals surface area contributed by atoms with Gasteiger partial charge in [0.1, 0.15) is 23.7 Å². The number of hydrogen-bond acceptors (Lipinski definition) is 7. The Morgan fingerprint density at radius 1 is 0.778 bits per heavy atom. The Labute approximate surface area is 371 Å². The molecule has 6 aromatic rings. The van der Waals surface area contributed by atoms with E-state index in [0.29, 0.717) is 6.54 Å². The summed E-state index contributed by atoms with van der Waals surface area (Å²) in [6.07, 6.45) is 5.59. The van der Waals surface area contributed by atoms with Crippen LogP contribution in [0.3, 0.4) is 0 Å². The number of carbonyl (C=O) groups excluding carboxylic acids is 3. The zero-order chi connectivity index (χ0) is 44.4. The van der Waals surface area contributed by atoms with E-state index in [1.54, 1.807) is 0 Å². The van der Waals surface area contributed by atoms with E-state index in [9.17, 15) is 14.4 Å². The summed E-state index contributed by atoms with van der Waals surface area (Å²) >= 11 is 0. The van der Waals surface area contributed by atoms with E-state index >= 15 is 0 Å². The first-order valence-electron chi connectivity index (χ1n) is 22.4. The number of likely N-dealkylation sites (N-methyl/N-ethyl adjacent to an activating group) is 1. The molecule has 2 fully saturated rings. The number of aromatic nitrogens is 4. The number of rotatable bonds is 13. The van der Waals surface area contributed by atoms with Crippen LogP contribution in [0.2, 0.25) is 19.1 Å². The lowest BCUT2D eigenvalue weighted by Gasteiger charge is -2.34. The zero-order valence-electron chi connectivity index (χ0n) is 37.5. The fourth-order valence-electron chi connectivity index (χ4n) is 9.57. The lowest BCUT2D eigenvalue weighted by Crippen LogP contribution is -2.51. The summed E-state index contributed by atoms with van der Waals surface area (Å²) < 4.78 is 4.78. The molecule has 4 heterocycles. The number of carbonyl (C=O) groups is 3. The van der Waals surface area contributed by atoms with Gasteiger partial charge in [-0.1, -0.05) is 120 Å². The van der Waals surface area contributed by atoms with E-state index in [-0.39, 0.29) is 35.9 Å². The summed E-state index contributed by atoms with van der Waals surface area (Å²) in [6, 6.07) is 31.4. The third-order valence-electron chi connectivity index (χ3n) is 13.0.